The predicted molar refractivity (Wildman–Crippen MR) is 108 cm³/mol. The van der Waals surface area contributed by atoms with Crippen LogP contribution in [-0.4, -0.2) is 54.2 Å². The van der Waals surface area contributed by atoms with E-state index < -0.39 is 0 Å². The predicted octanol–water partition coefficient (Wildman–Crippen LogP) is 3.13. The number of hydrogen-bond donors (Lipinski definition) is 2. The Labute approximate surface area is 161 Å². The number of aromatic amines is 1. The van der Waals surface area contributed by atoms with Crippen molar-refractivity contribution in [1.82, 2.24) is 15.2 Å². The SMILES string of the molecule is CC1CCc2[nH]c3c(C(=O)NCCN4CC(C)OC(C)C4)cccc3c2C1. The van der Waals surface area contributed by atoms with Gasteiger partial charge in [0, 0.05) is 37.3 Å². The van der Waals surface area contributed by atoms with Crippen molar-refractivity contribution in [2.45, 2.75) is 52.2 Å². The number of benzene rings is 1. The number of fused-ring (bicyclic) bond motifs is 3. The highest BCUT2D eigenvalue weighted by Gasteiger charge is 2.23. The standard InChI is InChI=1S/C22H31N3O2/c1-14-7-8-20-19(11-14)17-5-4-6-18(21(17)24-20)22(26)23-9-10-25-12-15(2)27-16(3)13-25/h4-6,14-16,24H,7-13H2,1-3H3,(H,23,26). The van der Waals surface area contributed by atoms with Gasteiger partial charge in [0.25, 0.3) is 5.91 Å². The van der Waals surface area contributed by atoms with Crippen molar-refractivity contribution in [1.29, 1.82) is 0 Å². The second-order valence-corrected chi connectivity index (χ2v) is 8.43. The third-order valence-electron chi connectivity index (χ3n) is 5.92. The molecule has 146 valence electrons. The van der Waals surface area contributed by atoms with Gasteiger partial charge in [-0.25, -0.2) is 0 Å². The fourth-order valence-corrected chi connectivity index (χ4v) is 4.69. The van der Waals surface area contributed by atoms with Gasteiger partial charge in [0.2, 0.25) is 0 Å². The summed E-state index contributed by atoms with van der Waals surface area (Å²) >= 11 is 0. The normalized spacial score (nSPS) is 26.1. The molecule has 2 aliphatic rings. The number of carbonyl (C=O) groups excluding carboxylic acids is 1. The van der Waals surface area contributed by atoms with Gasteiger partial charge < -0.3 is 15.0 Å². The number of aromatic nitrogens is 1. The Morgan fingerprint density at radius 3 is 2.81 bits per heavy atom. The van der Waals surface area contributed by atoms with Crippen LogP contribution < -0.4 is 5.32 Å². The Balaban J connectivity index is 1.44. The molecule has 1 amide bonds. The number of H-pyrrole nitrogens is 1. The fourth-order valence-electron chi connectivity index (χ4n) is 4.69. The first-order valence-electron chi connectivity index (χ1n) is 10.3. The van der Waals surface area contributed by atoms with Crippen LogP contribution in [-0.2, 0) is 17.6 Å². The molecule has 3 atom stereocenters. The van der Waals surface area contributed by atoms with E-state index in [1.807, 2.05) is 12.1 Å². The lowest BCUT2D eigenvalue weighted by Gasteiger charge is -2.35. The van der Waals surface area contributed by atoms with Gasteiger partial charge in [-0.2, -0.15) is 0 Å². The third-order valence-corrected chi connectivity index (χ3v) is 5.92. The molecule has 0 bridgehead atoms. The van der Waals surface area contributed by atoms with Crippen LogP contribution in [0.4, 0.5) is 0 Å². The highest BCUT2D eigenvalue weighted by Crippen LogP contribution is 2.32. The lowest BCUT2D eigenvalue weighted by atomic mass is 9.87. The first kappa shape index (κ1) is 18.5. The van der Waals surface area contributed by atoms with Crippen molar-refractivity contribution >= 4 is 16.8 Å². The number of carbonyl (C=O) groups is 1. The molecule has 1 fully saturated rings. The van der Waals surface area contributed by atoms with Crippen LogP contribution in [0.15, 0.2) is 18.2 Å². The molecule has 2 aromatic rings. The molecule has 0 spiro atoms. The summed E-state index contributed by atoms with van der Waals surface area (Å²) in [6.07, 6.45) is 3.92. The summed E-state index contributed by atoms with van der Waals surface area (Å²) in [6.45, 7) is 9.90. The van der Waals surface area contributed by atoms with Crippen LogP contribution in [0.2, 0.25) is 0 Å². The first-order chi connectivity index (χ1) is 13.0. The summed E-state index contributed by atoms with van der Waals surface area (Å²) in [5, 5.41) is 4.34. The molecule has 3 unspecified atom stereocenters. The van der Waals surface area contributed by atoms with E-state index in [1.54, 1.807) is 0 Å². The number of para-hydroxylation sites is 1. The molecule has 1 aromatic heterocycles. The van der Waals surface area contributed by atoms with Crippen molar-refractivity contribution in [3.63, 3.8) is 0 Å². The number of nitrogens with zero attached hydrogens (tertiary/aromatic N) is 1. The zero-order valence-corrected chi connectivity index (χ0v) is 16.7. The van der Waals surface area contributed by atoms with E-state index >= 15 is 0 Å². The van der Waals surface area contributed by atoms with Gasteiger partial charge in [-0.3, -0.25) is 9.69 Å². The van der Waals surface area contributed by atoms with Crippen LogP contribution in [0.1, 0.15) is 48.8 Å². The van der Waals surface area contributed by atoms with E-state index in [0.717, 1.165) is 43.6 Å². The topological polar surface area (TPSA) is 57.4 Å². The number of amides is 1. The van der Waals surface area contributed by atoms with Crippen LogP contribution in [0.5, 0.6) is 0 Å². The van der Waals surface area contributed by atoms with Crippen molar-refractivity contribution in [3.8, 4) is 0 Å². The van der Waals surface area contributed by atoms with Gasteiger partial charge in [0.15, 0.2) is 0 Å². The highest BCUT2D eigenvalue weighted by atomic mass is 16.5. The molecule has 0 radical (unpaired) electrons. The second-order valence-electron chi connectivity index (χ2n) is 8.43. The highest BCUT2D eigenvalue weighted by molar-refractivity contribution is 6.06. The van der Waals surface area contributed by atoms with Crippen LogP contribution in [0.3, 0.4) is 0 Å². The van der Waals surface area contributed by atoms with E-state index in [0.29, 0.717) is 12.5 Å². The Morgan fingerprint density at radius 2 is 2.04 bits per heavy atom. The zero-order chi connectivity index (χ0) is 19.0. The summed E-state index contributed by atoms with van der Waals surface area (Å²) in [7, 11) is 0. The van der Waals surface area contributed by atoms with E-state index in [4.69, 9.17) is 4.74 Å². The number of nitrogens with one attached hydrogen (secondary N) is 2. The molecule has 1 saturated heterocycles. The van der Waals surface area contributed by atoms with Crippen LogP contribution >= 0.6 is 0 Å². The average molecular weight is 370 g/mol. The summed E-state index contributed by atoms with van der Waals surface area (Å²) < 4.78 is 5.78. The maximum absolute atomic E-state index is 12.8. The molecule has 1 aliphatic carbocycles. The lowest BCUT2D eigenvalue weighted by molar-refractivity contribution is -0.0672. The van der Waals surface area contributed by atoms with E-state index in [2.05, 4.69) is 42.0 Å². The zero-order valence-electron chi connectivity index (χ0n) is 16.7. The van der Waals surface area contributed by atoms with Gasteiger partial charge in [-0.15, -0.1) is 0 Å². The number of rotatable bonds is 4. The molecule has 2 N–H and O–H groups in total. The minimum atomic E-state index is 0.0154. The maximum atomic E-state index is 12.8. The quantitative estimate of drug-likeness (QED) is 0.871. The Kier molecular flexibility index (Phi) is 5.24. The van der Waals surface area contributed by atoms with Crippen molar-refractivity contribution in [2.75, 3.05) is 26.2 Å². The Bertz CT molecular complexity index is 818. The van der Waals surface area contributed by atoms with E-state index in [1.165, 1.54) is 23.1 Å². The Hall–Kier alpha value is -1.85. The van der Waals surface area contributed by atoms with E-state index in [-0.39, 0.29) is 18.1 Å². The Morgan fingerprint density at radius 1 is 1.26 bits per heavy atom. The van der Waals surface area contributed by atoms with Gasteiger partial charge in [0.1, 0.15) is 0 Å². The minimum absolute atomic E-state index is 0.0154. The second kappa shape index (κ2) is 7.64. The fraction of sp³-hybridized carbons (Fsp3) is 0.591. The largest absolute Gasteiger partial charge is 0.373 e. The minimum Gasteiger partial charge on any atom is -0.373 e. The van der Waals surface area contributed by atoms with Crippen molar-refractivity contribution in [2.24, 2.45) is 5.92 Å². The molecule has 1 aromatic carbocycles. The van der Waals surface area contributed by atoms with E-state index in [9.17, 15) is 4.79 Å². The van der Waals surface area contributed by atoms with Gasteiger partial charge in [-0.1, -0.05) is 19.1 Å². The van der Waals surface area contributed by atoms with Crippen molar-refractivity contribution < 1.29 is 9.53 Å². The lowest BCUT2D eigenvalue weighted by Crippen LogP contribution is -2.47. The number of hydrogen-bond acceptors (Lipinski definition) is 3. The summed E-state index contributed by atoms with van der Waals surface area (Å²) in [6, 6.07) is 6.09. The molecule has 0 saturated carbocycles. The van der Waals surface area contributed by atoms with Gasteiger partial charge >= 0.3 is 0 Å². The maximum Gasteiger partial charge on any atom is 0.253 e. The number of aryl methyl sites for hydroxylation is 1. The number of morpholine rings is 1. The molecule has 27 heavy (non-hydrogen) atoms. The van der Waals surface area contributed by atoms with Gasteiger partial charge in [0.05, 0.1) is 23.3 Å². The molecule has 4 rings (SSSR count). The number of ether oxygens (including phenoxy) is 1. The molecule has 5 nitrogen and oxygen atoms in total. The van der Waals surface area contributed by atoms with Gasteiger partial charge in [-0.05, 0) is 50.7 Å². The van der Waals surface area contributed by atoms with Crippen molar-refractivity contribution in [3.05, 3.63) is 35.0 Å². The molecular weight excluding hydrogens is 338 g/mol. The molecule has 2 heterocycles. The summed E-state index contributed by atoms with van der Waals surface area (Å²) in [5.41, 5.74) is 4.50. The molecule has 5 heteroatoms. The first-order valence-corrected chi connectivity index (χ1v) is 10.3. The third kappa shape index (κ3) is 3.90. The van der Waals surface area contributed by atoms with Crippen LogP contribution in [0.25, 0.3) is 10.9 Å². The van der Waals surface area contributed by atoms with Crippen LogP contribution in [0, 0.1) is 5.92 Å². The molecular formula is C22H31N3O2. The summed E-state index contributed by atoms with van der Waals surface area (Å²) in [5.74, 6) is 0.730. The average Bonchev–Trinajstić information content (AvgIpc) is 2.98. The monoisotopic (exact) mass is 369 g/mol. The summed E-state index contributed by atoms with van der Waals surface area (Å²) in [4.78, 5) is 18.8. The smallest absolute Gasteiger partial charge is 0.253 e. The molecule has 1 aliphatic heterocycles.